The molecule has 1 saturated heterocycles. The molecule has 4 rings (SSSR count). The van der Waals surface area contributed by atoms with E-state index in [-0.39, 0.29) is 5.91 Å². The van der Waals surface area contributed by atoms with Crippen molar-refractivity contribution in [3.8, 4) is 5.69 Å². The van der Waals surface area contributed by atoms with Gasteiger partial charge < -0.3 is 9.47 Å². The van der Waals surface area contributed by atoms with E-state index in [9.17, 15) is 4.79 Å². The van der Waals surface area contributed by atoms with Gasteiger partial charge >= 0.3 is 0 Å². The smallest absolute Gasteiger partial charge is 0.226 e. The molecule has 0 unspecified atom stereocenters. The van der Waals surface area contributed by atoms with E-state index in [0.29, 0.717) is 17.1 Å². The predicted octanol–water partition coefficient (Wildman–Crippen LogP) is 1.88. The Kier molecular flexibility index (Phi) is 5.29. The minimum Gasteiger partial charge on any atom is -0.342 e. The van der Waals surface area contributed by atoms with Crippen LogP contribution in [0.25, 0.3) is 5.69 Å². The highest BCUT2D eigenvalue weighted by Gasteiger charge is 2.26. The number of tetrazole rings is 1. The van der Waals surface area contributed by atoms with Crippen molar-refractivity contribution >= 4 is 18.1 Å². The van der Waals surface area contributed by atoms with E-state index in [4.69, 9.17) is 12.2 Å². The number of benzene rings is 1. The third kappa shape index (κ3) is 3.72. The van der Waals surface area contributed by atoms with Gasteiger partial charge in [0.1, 0.15) is 12.2 Å². The minimum absolute atomic E-state index is 0.156. The fourth-order valence-corrected chi connectivity index (χ4v) is 3.94. The molecule has 1 fully saturated rings. The lowest BCUT2D eigenvalue weighted by molar-refractivity contribution is -0.131. The molecular weight excluding hydrogens is 376 g/mol. The number of piperidine rings is 1. The molecule has 1 amide bonds. The van der Waals surface area contributed by atoms with E-state index in [1.807, 2.05) is 33.7 Å². The molecule has 0 saturated carbocycles. The molecule has 0 atom stereocenters. The molecule has 1 aliphatic heterocycles. The number of hydrogen-bond acceptors (Lipinski definition) is 6. The molecule has 1 N–H and O–H groups in total. The first-order valence-corrected chi connectivity index (χ1v) is 9.81. The molecule has 9 nitrogen and oxygen atoms in total. The molecule has 146 valence electrons. The Bertz CT molecular complexity index is 984. The maximum Gasteiger partial charge on any atom is 0.226 e. The van der Waals surface area contributed by atoms with E-state index in [1.54, 1.807) is 11.0 Å². The number of carbonyl (C=O) groups is 1. The number of carbonyl (C=O) groups excluding carboxylic acids is 1. The summed E-state index contributed by atoms with van der Waals surface area (Å²) in [7, 11) is 0. The monoisotopic (exact) mass is 398 g/mol. The van der Waals surface area contributed by atoms with Gasteiger partial charge in [-0.3, -0.25) is 9.89 Å². The number of aromatic amines is 1. The first-order chi connectivity index (χ1) is 13.7. The van der Waals surface area contributed by atoms with Crippen LogP contribution in [0, 0.1) is 4.77 Å². The molecule has 0 bridgehead atoms. The van der Waals surface area contributed by atoms with Crippen LogP contribution < -0.4 is 0 Å². The number of nitrogens with one attached hydrogen (secondary N) is 1. The van der Waals surface area contributed by atoms with Crippen molar-refractivity contribution in [1.82, 2.24) is 39.9 Å². The van der Waals surface area contributed by atoms with E-state index < -0.39 is 0 Å². The quantitative estimate of drug-likeness (QED) is 0.659. The zero-order chi connectivity index (χ0) is 19.5. The Morgan fingerprint density at radius 1 is 1.25 bits per heavy atom. The van der Waals surface area contributed by atoms with Crippen LogP contribution in [0.2, 0.25) is 0 Å². The maximum absolute atomic E-state index is 12.7. The lowest BCUT2D eigenvalue weighted by Crippen LogP contribution is -2.39. The van der Waals surface area contributed by atoms with Crippen LogP contribution in [0.4, 0.5) is 0 Å². The second kappa shape index (κ2) is 8.01. The van der Waals surface area contributed by atoms with Crippen molar-refractivity contribution in [3.05, 3.63) is 46.8 Å². The summed E-state index contributed by atoms with van der Waals surface area (Å²) >= 11 is 5.28. The van der Waals surface area contributed by atoms with Crippen LogP contribution in [-0.2, 0) is 17.8 Å². The van der Waals surface area contributed by atoms with E-state index in [2.05, 4.69) is 32.6 Å². The third-order valence-electron chi connectivity index (χ3n) is 5.22. The summed E-state index contributed by atoms with van der Waals surface area (Å²) in [6.07, 6.45) is 3.75. The summed E-state index contributed by atoms with van der Waals surface area (Å²) in [4.78, 5) is 14.6. The van der Waals surface area contributed by atoms with E-state index >= 15 is 0 Å². The topological polar surface area (TPSA) is 97.5 Å². The van der Waals surface area contributed by atoms with E-state index in [0.717, 1.165) is 49.6 Å². The highest BCUT2D eigenvalue weighted by atomic mass is 32.1. The number of amides is 1. The summed E-state index contributed by atoms with van der Waals surface area (Å²) in [5.74, 6) is 1.51. The zero-order valence-electron chi connectivity index (χ0n) is 15.7. The fourth-order valence-electron chi connectivity index (χ4n) is 3.67. The van der Waals surface area contributed by atoms with Gasteiger partial charge in [-0.15, -0.1) is 5.10 Å². The highest BCUT2D eigenvalue weighted by Crippen LogP contribution is 2.27. The number of hydrogen-bond donors (Lipinski definition) is 1. The average molecular weight is 398 g/mol. The second-order valence-corrected chi connectivity index (χ2v) is 7.27. The summed E-state index contributed by atoms with van der Waals surface area (Å²) in [6.45, 7) is 4.37. The van der Waals surface area contributed by atoms with Crippen LogP contribution in [0.5, 0.6) is 0 Å². The lowest BCUT2D eigenvalue weighted by atomic mass is 9.95. The summed E-state index contributed by atoms with van der Waals surface area (Å²) < 4.78 is 4.30. The van der Waals surface area contributed by atoms with Gasteiger partial charge in [0.2, 0.25) is 5.91 Å². The predicted molar refractivity (Wildman–Crippen MR) is 104 cm³/mol. The molecule has 28 heavy (non-hydrogen) atoms. The van der Waals surface area contributed by atoms with Crippen molar-refractivity contribution in [2.75, 3.05) is 13.1 Å². The molecule has 0 spiro atoms. The van der Waals surface area contributed by atoms with Crippen LogP contribution in [0.15, 0.2) is 30.6 Å². The molecule has 1 aromatic carbocycles. The molecule has 0 aliphatic carbocycles. The number of aromatic nitrogens is 7. The summed E-state index contributed by atoms with van der Waals surface area (Å²) in [5, 5.41) is 18.4. The van der Waals surface area contributed by atoms with Crippen molar-refractivity contribution < 1.29 is 4.79 Å². The number of rotatable bonds is 5. The van der Waals surface area contributed by atoms with Gasteiger partial charge in [0.15, 0.2) is 4.77 Å². The summed E-state index contributed by atoms with van der Waals surface area (Å²) in [6, 6.07) is 7.72. The number of H-pyrrole nitrogens is 1. The average Bonchev–Trinajstić information content (AvgIpc) is 3.38. The first-order valence-electron chi connectivity index (χ1n) is 9.41. The maximum atomic E-state index is 12.7. The van der Waals surface area contributed by atoms with Crippen LogP contribution in [-0.4, -0.2) is 58.9 Å². The van der Waals surface area contributed by atoms with Gasteiger partial charge in [-0.1, -0.05) is 12.1 Å². The van der Waals surface area contributed by atoms with Crippen molar-refractivity contribution in [2.24, 2.45) is 0 Å². The van der Waals surface area contributed by atoms with Gasteiger partial charge in [-0.05, 0) is 60.1 Å². The number of nitrogens with zero attached hydrogens (tertiary/aromatic N) is 7. The molecule has 1 aliphatic rings. The normalized spacial score (nSPS) is 15.1. The Labute approximate surface area is 167 Å². The second-order valence-electron chi connectivity index (χ2n) is 6.88. The molecule has 0 radical (unpaired) electrons. The highest BCUT2D eigenvalue weighted by molar-refractivity contribution is 7.71. The lowest BCUT2D eigenvalue weighted by Gasteiger charge is -2.31. The van der Waals surface area contributed by atoms with Crippen molar-refractivity contribution in [1.29, 1.82) is 0 Å². The zero-order valence-corrected chi connectivity index (χ0v) is 16.5. The molecule has 10 heteroatoms. The summed E-state index contributed by atoms with van der Waals surface area (Å²) in [5.41, 5.74) is 1.85. The van der Waals surface area contributed by atoms with Gasteiger partial charge in [-0.25, -0.2) is 4.68 Å². The molecular formula is C18H22N8OS. The Morgan fingerprint density at radius 2 is 2.00 bits per heavy atom. The van der Waals surface area contributed by atoms with Crippen LogP contribution in [0.1, 0.15) is 37.1 Å². The molecule has 2 aromatic heterocycles. The number of likely N-dealkylation sites (tertiary alicyclic amines) is 1. The van der Waals surface area contributed by atoms with Crippen LogP contribution >= 0.6 is 12.2 Å². The van der Waals surface area contributed by atoms with Gasteiger partial charge in [0.25, 0.3) is 0 Å². The first kappa shape index (κ1) is 18.5. The minimum atomic E-state index is 0.156. The molecule has 3 heterocycles. The standard InChI is InChI=1S/C18H22N8OS/c1-2-25-17(20-21-18(25)28)14-7-9-24(10-8-14)16(27)11-13-3-5-15(6-4-13)26-12-19-22-23-26/h3-6,12,14H,2,7-11H2,1H3,(H,21,28). The Morgan fingerprint density at radius 3 is 2.64 bits per heavy atom. The van der Waals surface area contributed by atoms with Crippen molar-refractivity contribution in [2.45, 2.75) is 38.6 Å². The largest absolute Gasteiger partial charge is 0.342 e. The van der Waals surface area contributed by atoms with Gasteiger partial charge in [-0.2, -0.15) is 5.10 Å². The Hall–Kier alpha value is -2.88. The fraction of sp³-hybridized carbons (Fsp3) is 0.444. The SMILES string of the molecule is CCn1c(C2CCN(C(=O)Cc3ccc(-n4cnnn4)cc3)CC2)n[nH]c1=S. The van der Waals surface area contributed by atoms with E-state index in [1.165, 1.54) is 0 Å². The van der Waals surface area contributed by atoms with Crippen molar-refractivity contribution in [3.63, 3.8) is 0 Å². The molecule has 3 aromatic rings. The Balaban J connectivity index is 1.34. The van der Waals surface area contributed by atoms with Crippen LogP contribution in [0.3, 0.4) is 0 Å². The third-order valence-corrected chi connectivity index (χ3v) is 5.53. The van der Waals surface area contributed by atoms with Gasteiger partial charge in [0.05, 0.1) is 12.1 Å². The van der Waals surface area contributed by atoms with Gasteiger partial charge in [0, 0.05) is 25.6 Å².